The molecule has 0 bridgehead atoms. The van der Waals surface area contributed by atoms with Gasteiger partial charge in [-0.25, -0.2) is 9.78 Å². The Balaban J connectivity index is 1.48. The number of carbonyl (C=O) groups excluding carboxylic acids is 4. The van der Waals surface area contributed by atoms with Gasteiger partial charge in [-0.05, 0) is 92.1 Å². The van der Waals surface area contributed by atoms with Crippen LogP contribution in [0.2, 0.25) is 0 Å². The highest BCUT2D eigenvalue weighted by atomic mass is 16.7. The van der Waals surface area contributed by atoms with Crippen LogP contribution in [0.4, 0.5) is 4.79 Å². The molecule has 2 aromatic heterocycles. The molecule has 60 heavy (non-hydrogen) atoms. The number of aromatic nitrogens is 3. The molecule has 2 aromatic rings. The number of imidazole rings is 1. The molecule has 5 heterocycles. The molecule has 5 rings (SSSR count). The molecule has 3 fully saturated rings. The molecule has 0 radical (unpaired) electrons. The van der Waals surface area contributed by atoms with Crippen LogP contribution >= 0.6 is 0 Å². The first-order valence-electron chi connectivity index (χ1n) is 21.5. The molecular weight excluding hydrogens is 771 g/mol. The minimum absolute atomic E-state index is 0.116. The number of aliphatic hydroxyl groups is 1. The van der Waals surface area contributed by atoms with Crippen LogP contribution in [-0.2, 0) is 44.6 Å². The number of pyridine rings is 1. The van der Waals surface area contributed by atoms with E-state index in [2.05, 4.69) is 9.97 Å². The van der Waals surface area contributed by atoms with Crippen molar-refractivity contribution >= 4 is 23.6 Å². The van der Waals surface area contributed by atoms with Crippen LogP contribution in [-0.4, -0.2) is 135 Å². The molecule has 0 aliphatic carbocycles. The summed E-state index contributed by atoms with van der Waals surface area (Å²) in [6.07, 6.45) is 7.71. The molecule has 0 aromatic carbocycles. The summed E-state index contributed by atoms with van der Waals surface area (Å²) in [5.41, 5.74) is -1.09. The van der Waals surface area contributed by atoms with Crippen LogP contribution in [0.1, 0.15) is 87.5 Å². The predicted octanol–water partition coefficient (Wildman–Crippen LogP) is 5.49. The van der Waals surface area contributed by atoms with Crippen LogP contribution < -0.4 is 0 Å². The number of carbonyl (C=O) groups is 4. The lowest BCUT2D eigenvalue weighted by molar-refractivity contribution is -0.295. The number of allylic oxidation sites excluding steroid dienone is 1. The number of amides is 1. The van der Waals surface area contributed by atoms with Crippen molar-refractivity contribution in [2.75, 3.05) is 27.7 Å². The number of esters is 1. The number of rotatable bonds is 12. The van der Waals surface area contributed by atoms with Gasteiger partial charge in [-0.1, -0.05) is 33.8 Å². The number of aryl methyl sites for hydroxylation is 1. The molecule has 1 unspecified atom stereocenters. The highest BCUT2D eigenvalue weighted by Gasteiger charge is 2.61. The quantitative estimate of drug-likeness (QED) is 0.123. The Morgan fingerprint density at radius 3 is 2.40 bits per heavy atom. The molecule has 15 heteroatoms. The van der Waals surface area contributed by atoms with Crippen molar-refractivity contribution in [3.8, 4) is 11.3 Å². The maximum absolute atomic E-state index is 14.9. The number of hydrogen-bond donors (Lipinski definition) is 1. The van der Waals surface area contributed by atoms with Crippen LogP contribution in [0.3, 0.4) is 0 Å². The molecule has 15 nitrogen and oxygen atoms in total. The fourth-order valence-corrected chi connectivity index (χ4v) is 9.61. The van der Waals surface area contributed by atoms with Crippen molar-refractivity contribution in [3.05, 3.63) is 49.2 Å². The summed E-state index contributed by atoms with van der Waals surface area (Å²) >= 11 is 0. The zero-order chi connectivity index (χ0) is 44.1. The Labute approximate surface area is 355 Å². The SMILES string of the molecule is CC=C[C@]12OC(=O)N(CCCCn3cnc(-c4cccnc4)c3)[C@@H]1[C@@H](C)C(=O)[C@H](C)C[C@](C)(OC)[C@H](OC1O[C@H](C)C[C@H](N(C)C)[C@H]1O)[C@@H](C)C(=O)[C@@H](C)C(=O)O[C@@H]2CC. The van der Waals surface area contributed by atoms with Crippen molar-refractivity contribution in [2.24, 2.45) is 23.7 Å². The number of methoxy groups -OCH3 is 1. The standard InChI is InChI=1S/C45H67N5O10/c1-12-18-45-35(13-2)58-41(54)31(7)37(52)30(6)40(59-42-38(53)34(48(9)10)22-28(4)57-42)44(8,56-11)23-27(3)36(51)29(5)39(45)50(43(55)60-45)21-15-14-20-49-25-33(47-26-49)32-17-16-19-46-24-32/h12,16-19,24-31,34-35,38-40,42,53H,13-15,20-23H2,1-11H3/t27-,28-,29+,30+,31-,34+,35-,38-,39-,40-,42?,44+,45-/m1/s1. The molecule has 13 atom stereocenters. The van der Waals surface area contributed by atoms with Gasteiger partial charge in [-0.3, -0.25) is 24.3 Å². The third kappa shape index (κ3) is 9.70. The van der Waals surface area contributed by atoms with E-state index in [9.17, 15) is 24.3 Å². The lowest BCUT2D eigenvalue weighted by Gasteiger charge is -2.47. The Hall–Kier alpha value is -4.02. The zero-order valence-corrected chi connectivity index (χ0v) is 37.3. The minimum Gasteiger partial charge on any atom is -0.457 e. The average Bonchev–Trinajstić information content (AvgIpc) is 3.81. The fraction of sp³-hybridized carbons (Fsp3) is 0.689. The number of likely N-dealkylation sites (N-methyl/N-ethyl adjacent to an activating group) is 1. The van der Waals surface area contributed by atoms with E-state index in [1.165, 1.54) is 14.0 Å². The second-order valence-corrected chi connectivity index (χ2v) is 17.5. The van der Waals surface area contributed by atoms with Gasteiger partial charge in [-0.15, -0.1) is 0 Å². The van der Waals surface area contributed by atoms with Crippen molar-refractivity contribution in [1.29, 1.82) is 0 Å². The van der Waals surface area contributed by atoms with Gasteiger partial charge in [0.2, 0.25) is 0 Å². The number of hydrogen-bond acceptors (Lipinski definition) is 13. The number of nitrogens with zero attached hydrogens (tertiary/aromatic N) is 5. The Morgan fingerprint density at radius 1 is 1.05 bits per heavy atom. The summed E-state index contributed by atoms with van der Waals surface area (Å²) in [5.74, 6) is -5.10. The molecule has 0 spiro atoms. The summed E-state index contributed by atoms with van der Waals surface area (Å²) in [7, 11) is 5.24. The Kier molecular flexibility index (Phi) is 15.5. The maximum atomic E-state index is 14.9. The number of ketones is 2. The molecule has 1 amide bonds. The third-order valence-corrected chi connectivity index (χ3v) is 12.9. The number of fused-ring (bicyclic) bond motifs is 1. The van der Waals surface area contributed by atoms with Gasteiger partial charge in [0.05, 0.1) is 35.9 Å². The lowest BCUT2D eigenvalue weighted by atomic mass is 9.72. The predicted molar refractivity (Wildman–Crippen MR) is 223 cm³/mol. The van der Waals surface area contributed by atoms with Gasteiger partial charge in [0.1, 0.15) is 23.9 Å². The highest BCUT2D eigenvalue weighted by molar-refractivity contribution is 6.00. The van der Waals surface area contributed by atoms with Crippen LogP contribution in [0, 0.1) is 23.7 Å². The summed E-state index contributed by atoms with van der Waals surface area (Å²) in [6, 6.07) is 2.67. The first-order chi connectivity index (χ1) is 28.4. The van der Waals surface area contributed by atoms with Gasteiger partial charge in [0.25, 0.3) is 0 Å². The van der Waals surface area contributed by atoms with Gasteiger partial charge < -0.3 is 38.3 Å². The molecule has 0 saturated carbocycles. The smallest absolute Gasteiger partial charge is 0.411 e. The van der Waals surface area contributed by atoms with Crippen LogP contribution in [0.25, 0.3) is 11.3 Å². The Morgan fingerprint density at radius 2 is 1.77 bits per heavy atom. The summed E-state index contributed by atoms with van der Waals surface area (Å²) in [4.78, 5) is 69.8. The molecule has 3 aliphatic heterocycles. The van der Waals surface area contributed by atoms with E-state index in [-0.39, 0.29) is 37.3 Å². The zero-order valence-electron chi connectivity index (χ0n) is 37.3. The fourth-order valence-electron chi connectivity index (χ4n) is 9.61. The first-order valence-corrected chi connectivity index (χ1v) is 21.5. The van der Waals surface area contributed by atoms with E-state index in [0.29, 0.717) is 25.8 Å². The van der Waals surface area contributed by atoms with E-state index in [4.69, 9.17) is 23.7 Å². The van der Waals surface area contributed by atoms with Crippen LogP contribution in [0.15, 0.2) is 49.2 Å². The normalized spacial score (nSPS) is 36.0. The van der Waals surface area contributed by atoms with E-state index < -0.39 is 83.4 Å². The topological polar surface area (TPSA) is 172 Å². The highest BCUT2D eigenvalue weighted by Crippen LogP contribution is 2.44. The maximum Gasteiger partial charge on any atom is 0.411 e. The van der Waals surface area contributed by atoms with Gasteiger partial charge in [0.15, 0.2) is 17.7 Å². The molecule has 1 N–H and O–H groups in total. The van der Waals surface area contributed by atoms with Crippen molar-refractivity contribution in [2.45, 2.75) is 148 Å². The van der Waals surface area contributed by atoms with Crippen molar-refractivity contribution < 1.29 is 48.0 Å². The second kappa shape index (κ2) is 19.8. The summed E-state index contributed by atoms with van der Waals surface area (Å²) < 4.78 is 33.5. The number of cyclic esters (lactones) is 1. The lowest BCUT2D eigenvalue weighted by Crippen LogP contribution is -2.60. The van der Waals surface area contributed by atoms with Gasteiger partial charge in [-0.2, -0.15) is 0 Å². The monoisotopic (exact) mass is 837 g/mol. The summed E-state index contributed by atoms with van der Waals surface area (Å²) in [5, 5.41) is 11.5. The van der Waals surface area contributed by atoms with E-state index in [1.54, 1.807) is 63.5 Å². The molecule has 3 aliphatic rings. The summed E-state index contributed by atoms with van der Waals surface area (Å²) in [6.45, 7) is 15.0. The average molecular weight is 838 g/mol. The van der Waals surface area contributed by atoms with Crippen LogP contribution in [0.5, 0.6) is 0 Å². The number of ether oxygens (including phenoxy) is 5. The molecule has 3 saturated heterocycles. The molecule has 332 valence electrons. The number of aliphatic hydroxyl groups excluding tert-OH is 1. The van der Waals surface area contributed by atoms with E-state index in [0.717, 1.165) is 11.3 Å². The second-order valence-electron chi connectivity index (χ2n) is 17.5. The molecular formula is C45H67N5O10. The number of Topliss-reactive ketones (excluding diaryl/α,β-unsaturated/α-hetero) is 2. The third-order valence-electron chi connectivity index (χ3n) is 12.9. The minimum atomic E-state index is -1.53. The largest absolute Gasteiger partial charge is 0.457 e. The Bertz CT molecular complexity index is 1820. The van der Waals surface area contributed by atoms with Gasteiger partial charge >= 0.3 is 12.1 Å². The van der Waals surface area contributed by atoms with E-state index in [1.807, 2.05) is 62.7 Å². The van der Waals surface area contributed by atoms with E-state index >= 15 is 0 Å². The van der Waals surface area contributed by atoms with Gasteiger partial charge in [0, 0.05) is 68.1 Å². The first kappa shape index (κ1) is 47.0. The number of unbranched alkanes of at least 4 members (excludes halogenated alkanes) is 1. The van der Waals surface area contributed by atoms with Crippen molar-refractivity contribution in [3.63, 3.8) is 0 Å². The van der Waals surface area contributed by atoms with Crippen molar-refractivity contribution in [1.82, 2.24) is 24.3 Å².